The highest BCUT2D eigenvalue weighted by Crippen LogP contribution is 2.34. The molecule has 0 aliphatic heterocycles. The fraction of sp³-hybridized carbons (Fsp3) is 0.0400. The van der Waals surface area contributed by atoms with E-state index in [0.29, 0.717) is 26.8 Å². The monoisotopic (exact) mass is 569 g/mol. The van der Waals surface area contributed by atoms with Gasteiger partial charge in [0.2, 0.25) is 0 Å². The first-order chi connectivity index (χ1) is 16.9. The van der Waals surface area contributed by atoms with E-state index in [1.54, 1.807) is 42.5 Å². The predicted octanol–water partition coefficient (Wildman–Crippen LogP) is 5.42. The normalized spacial score (nSPS) is 10.9. The minimum atomic E-state index is -0.494. The molecule has 2 amide bonds. The third-order valence-corrected chi connectivity index (χ3v) is 6.87. The van der Waals surface area contributed by atoms with Crippen LogP contribution in [0, 0.1) is 0 Å². The van der Waals surface area contributed by atoms with E-state index in [9.17, 15) is 14.4 Å². The Balaban J connectivity index is 1.25. The van der Waals surface area contributed by atoms with Crippen molar-refractivity contribution in [2.75, 3.05) is 6.54 Å². The highest BCUT2D eigenvalue weighted by atomic mass is 79.9. The largest absolute Gasteiger partial charge is 0.423 e. The number of nitrogens with zero attached hydrogens (tertiary/aromatic N) is 1. The molecule has 1 heterocycles. The summed E-state index contributed by atoms with van der Waals surface area (Å²) in [5.41, 5.74) is 3.45. The topological polar surface area (TPSA) is 96.9 Å². The number of nitrogens with one attached hydrogen (secondary N) is 2. The second-order valence-electron chi connectivity index (χ2n) is 7.19. The molecular formula is C25H17BrClN3O4S. The van der Waals surface area contributed by atoms with Crippen LogP contribution in [0.15, 0.2) is 82.4 Å². The van der Waals surface area contributed by atoms with Gasteiger partial charge >= 0.3 is 5.97 Å². The number of ether oxygens (including phenoxy) is 1. The van der Waals surface area contributed by atoms with Gasteiger partial charge in [-0.15, -0.1) is 11.3 Å². The molecule has 0 bridgehead atoms. The van der Waals surface area contributed by atoms with Gasteiger partial charge in [-0.25, -0.2) is 10.2 Å². The van der Waals surface area contributed by atoms with Crippen molar-refractivity contribution in [2.24, 2.45) is 5.10 Å². The molecule has 176 valence electrons. The maximum Gasteiger partial charge on any atom is 0.343 e. The van der Waals surface area contributed by atoms with E-state index in [4.69, 9.17) is 16.3 Å². The Morgan fingerprint density at radius 1 is 1.03 bits per heavy atom. The second kappa shape index (κ2) is 11.3. The van der Waals surface area contributed by atoms with Crippen molar-refractivity contribution < 1.29 is 19.1 Å². The van der Waals surface area contributed by atoms with Crippen molar-refractivity contribution in [3.05, 3.63) is 98.3 Å². The fourth-order valence-corrected chi connectivity index (χ4v) is 4.86. The van der Waals surface area contributed by atoms with Crippen LogP contribution >= 0.6 is 38.9 Å². The molecule has 1 aromatic heterocycles. The first-order valence-corrected chi connectivity index (χ1v) is 12.2. The van der Waals surface area contributed by atoms with Crippen LogP contribution in [-0.2, 0) is 4.79 Å². The van der Waals surface area contributed by atoms with E-state index < -0.39 is 17.8 Å². The molecule has 0 saturated carbocycles. The standard InChI is InChI=1S/C25H17BrClN3O4S/c26-17-5-3-4-16(12-17)25(33)34-18-10-8-15(9-11-18)13-29-30-21(31)14-28-24(32)23-22(27)19-6-1-2-7-20(19)35-23/h1-13H,14H2,(H,28,32)(H,30,31)/b29-13+. The number of hydrazone groups is 1. The SMILES string of the molecule is O=C(CNC(=O)c1sc2ccccc2c1Cl)N/N=C/c1ccc(OC(=O)c2cccc(Br)c2)cc1. The average Bonchev–Trinajstić information content (AvgIpc) is 3.20. The molecule has 0 spiro atoms. The molecule has 4 rings (SSSR count). The van der Waals surface area contributed by atoms with E-state index >= 15 is 0 Å². The first-order valence-electron chi connectivity index (χ1n) is 10.3. The van der Waals surface area contributed by atoms with E-state index in [1.165, 1.54) is 17.6 Å². The maximum atomic E-state index is 12.4. The van der Waals surface area contributed by atoms with Crippen LogP contribution in [0.25, 0.3) is 10.1 Å². The number of thiophene rings is 1. The predicted molar refractivity (Wildman–Crippen MR) is 140 cm³/mol. The summed E-state index contributed by atoms with van der Waals surface area (Å²) in [6, 6.07) is 20.9. The van der Waals surface area contributed by atoms with Crippen LogP contribution in [0.1, 0.15) is 25.6 Å². The number of hydrogen-bond donors (Lipinski definition) is 2. The van der Waals surface area contributed by atoms with Crippen LogP contribution in [0.2, 0.25) is 5.02 Å². The smallest absolute Gasteiger partial charge is 0.343 e. The number of carbonyl (C=O) groups is 3. The van der Waals surface area contributed by atoms with Gasteiger partial charge in [-0.2, -0.15) is 5.10 Å². The Bertz CT molecular complexity index is 1440. The lowest BCUT2D eigenvalue weighted by Gasteiger charge is -2.05. The van der Waals surface area contributed by atoms with Crippen LogP contribution in [0.5, 0.6) is 5.75 Å². The zero-order valence-electron chi connectivity index (χ0n) is 18.0. The Hall–Kier alpha value is -3.53. The molecule has 0 aliphatic carbocycles. The van der Waals surface area contributed by atoms with Crippen LogP contribution in [0.3, 0.4) is 0 Å². The van der Waals surface area contributed by atoms with Gasteiger partial charge < -0.3 is 10.1 Å². The molecular weight excluding hydrogens is 554 g/mol. The molecule has 2 N–H and O–H groups in total. The molecule has 35 heavy (non-hydrogen) atoms. The molecule has 0 unspecified atom stereocenters. The zero-order chi connectivity index (χ0) is 24.8. The Labute approximate surface area is 217 Å². The van der Waals surface area contributed by atoms with Crippen molar-refractivity contribution in [3.63, 3.8) is 0 Å². The Kier molecular flexibility index (Phi) is 7.91. The van der Waals surface area contributed by atoms with Gasteiger partial charge in [0.05, 0.1) is 23.3 Å². The van der Waals surface area contributed by atoms with Gasteiger partial charge in [0.25, 0.3) is 11.8 Å². The number of carbonyl (C=O) groups excluding carboxylic acids is 3. The zero-order valence-corrected chi connectivity index (χ0v) is 21.1. The summed E-state index contributed by atoms with van der Waals surface area (Å²) in [6.45, 7) is -0.259. The molecule has 10 heteroatoms. The van der Waals surface area contributed by atoms with Gasteiger partial charge in [0.1, 0.15) is 10.6 Å². The van der Waals surface area contributed by atoms with Gasteiger partial charge in [-0.1, -0.05) is 51.8 Å². The summed E-state index contributed by atoms with van der Waals surface area (Å²) < 4.78 is 7.02. The minimum absolute atomic E-state index is 0.259. The molecule has 0 saturated heterocycles. The number of esters is 1. The number of amides is 2. The van der Waals surface area contributed by atoms with Gasteiger partial charge in [0, 0.05) is 14.6 Å². The Morgan fingerprint density at radius 3 is 2.54 bits per heavy atom. The van der Waals surface area contributed by atoms with Crippen LogP contribution in [0.4, 0.5) is 0 Å². The first kappa shape index (κ1) is 24.6. The maximum absolute atomic E-state index is 12.4. The summed E-state index contributed by atoms with van der Waals surface area (Å²) in [4.78, 5) is 37.0. The third kappa shape index (κ3) is 6.33. The van der Waals surface area contributed by atoms with Crippen molar-refractivity contribution >= 4 is 73.0 Å². The van der Waals surface area contributed by atoms with Gasteiger partial charge in [-0.05, 0) is 54.1 Å². The molecule has 0 radical (unpaired) electrons. The lowest BCUT2D eigenvalue weighted by Crippen LogP contribution is -2.34. The lowest BCUT2D eigenvalue weighted by atomic mass is 10.2. The highest BCUT2D eigenvalue weighted by Gasteiger charge is 2.17. The van der Waals surface area contributed by atoms with Gasteiger partial charge in [-0.3, -0.25) is 9.59 Å². The molecule has 0 fully saturated rings. The number of rotatable bonds is 7. The van der Waals surface area contributed by atoms with Crippen molar-refractivity contribution in [3.8, 4) is 5.75 Å². The minimum Gasteiger partial charge on any atom is -0.423 e. The van der Waals surface area contributed by atoms with Gasteiger partial charge in [0.15, 0.2) is 0 Å². The fourth-order valence-electron chi connectivity index (χ4n) is 3.02. The summed E-state index contributed by atoms with van der Waals surface area (Å²) in [5, 5.41) is 7.59. The summed E-state index contributed by atoms with van der Waals surface area (Å²) in [7, 11) is 0. The molecule has 4 aromatic rings. The highest BCUT2D eigenvalue weighted by molar-refractivity contribution is 9.10. The van der Waals surface area contributed by atoms with Crippen molar-refractivity contribution in [1.82, 2.24) is 10.7 Å². The van der Waals surface area contributed by atoms with E-state index in [0.717, 1.165) is 14.6 Å². The molecule has 0 aliphatic rings. The van der Waals surface area contributed by atoms with Crippen molar-refractivity contribution in [1.29, 1.82) is 0 Å². The summed E-state index contributed by atoms with van der Waals surface area (Å²) >= 11 is 10.9. The van der Waals surface area contributed by atoms with Crippen molar-refractivity contribution in [2.45, 2.75) is 0 Å². The Morgan fingerprint density at radius 2 is 1.80 bits per heavy atom. The quantitative estimate of drug-likeness (QED) is 0.134. The molecule has 7 nitrogen and oxygen atoms in total. The summed E-state index contributed by atoms with van der Waals surface area (Å²) in [5.74, 6) is -1.02. The average molecular weight is 571 g/mol. The molecule has 3 aromatic carbocycles. The number of benzene rings is 3. The van der Waals surface area contributed by atoms with E-state index in [-0.39, 0.29) is 6.54 Å². The number of fused-ring (bicyclic) bond motifs is 1. The third-order valence-electron chi connectivity index (χ3n) is 4.70. The van der Waals surface area contributed by atoms with Crippen LogP contribution < -0.4 is 15.5 Å². The lowest BCUT2D eigenvalue weighted by molar-refractivity contribution is -0.120. The van der Waals surface area contributed by atoms with E-state index in [1.807, 2.05) is 30.3 Å². The second-order valence-corrected chi connectivity index (χ2v) is 9.53. The molecule has 0 atom stereocenters. The number of halogens is 2. The van der Waals surface area contributed by atoms with E-state index in [2.05, 4.69) is 31.8 Å². The summed E-state index contributed by atoms with van der Waals surface area (Å²) in [6.07, 6.45) is 1.43. The van der Waals surface area contributed by atoms with Crippen LogP contribution in [-0.4, -0.2) is 30.5 Å². The number of hydrogen-bond acceptors (Lipinski definition) is 6.